The van der Waals surface area contributed by atoms with E-state index >= 15 is 0 Å². The third-order valence-electron chi connectivity index (χ3n) is 3.47. The van der Waals surface area contributed by atoms with Crippen LogP contribution in [-0.2, 0) is 10.0 Å². The fraction of sp³-hybridized carbons (Fsp3) is 0.250. The number of hydrogen-bond donors (Lipinski definition) is 2. The molecule has 21 heavy (non-hydrogen) atoms. The van der Waals surface area contributed by atoms with Gasteiger partial charge < -0.3 is 5.73 Å². The Morgan fingerprint density at radius 2 is 1.48 bits per heavy atom. The maximum atomic E-state index is 12.5. The van der Waals surface area contributed by atoms with Crippen LogP contribution in [0.3, 0.4) is 0 Å². The summed E-state index contributed by atoms with van der Waals surface area (Å²) in [5.74, 6) is 0. The topological polar surface area (TPSA) is 72.2 Å². The summed E-state index contributed by atoms with van der Waals surface area (Å²) < 4.78 is 27.7. The highest BCUT2D eigenvalue weighted by atomic mass is 32.2. The molecule has 0 aliphatic heterocycles. The lowest BCUT2D eigenvalue weighted by Crippen LogP contribution is -2.15. The van der Waals surface area contributed by atoms with Crippen molar-refractivity contribution in [1.82, 2.24) is 0 Å². The summed E-state index contributed by atoms with van der Waals surface area (Å²) >= 11 is 0. The van der Waals surface area contributed by atoms with E-state index in [0.29, 0.717) is 11.4 Å². The lowest BCUT2D eigenvalue weighted by atomic mass is 10.1. The van der Waals surface area contributed by atoms with Crippen molar-refractivity contribution in [2.45, 2.75) is 32.6 Å². The van der Waals surface area contributed by atoms with E-state index in [-0.39, 0.29) is 4.90 Å². The van der Waals surface area contributed by atoms with Crippen LogP contribution >= 0.6 is 0 Å². The van der Waals surface area contributed by atoms with E-state index < -0.39 is 10.0 Å². The SMILES string of the molecule is Cc1cc(C)c(NS(=O)(=O)c2ccc(N)c(C)c2)c(C)c1. The molecule has 3 N–H and O–H groups in total. The molecule has 0 fully saturated rings. The number of hydrogen-bond acceptors (Lipinski definition) is 3. The minimum absolute atomic E-state index is 0.216. The zero-order valence-corrected chi connectivity index (χ0v) is 13.5. The van der Waals surface area contributed by atoms with Gasteiger partial charge >= 0.3 is 0 Å². The summed E-state index contributed by atoms with van der Waals surface area (Å²) in [5.41, 5.74) is 10.6. The lowest BCUT2D eigenvalue weighted by molar-refractivity contribution is 0.601. The molecule has 0 atom stereocenters. The van der Waals surface area contributed by atoms with Crippen molar-refractivity contribution >= 4 is 21.4 Å². The van der Waals surface area contributed by atoms with Crippen LogP contribution in [0.2, 0.25) is 0 Å². The van der Waals surface area contributed by atoms with Crippen molar-refractivity contribution in [2.24, 2.45) is 0 Å². The van der Waals surface area contributed by atoms with Crippen LogP contribution in [0.1, 0.15) is 22.3 Å². The van der Waals surface area contributed by atoms with Crippen LogP contribution < -0.4 is 10.5 Å². The van der Waals surface area contributed by atoms with Gasteiger partial charge in [-0.05, 0) is 62.6 Å². The molecule has 0 saturated carbocycles. The molecular formula is C16H20N2O2S. The van der Waals surface area contributed by atoms with Crippen molar-refractivity contribution in [3.63, 3.8) is 0 Å². The normalized spacial score (nSPS) is 11.4. The number of sulfonamides is 1. The Hall–Kier alpha value is -2.01. The van der Waals surface area contributed by atoms with Crippen molar-refractivity contribution in [2.75, 3.05) is 10.5 Å². The second kappa shape index (κ2) is 5.41. The highest BCUT2D eigenvalue weighted by molar-refractivity contribution is 7.92. The van der Waals surface area contributed by atoms with Gasteiger partial charge in [-0.2, -0.15) is 0 Å². The van der Waals surface area contributed by atoms with Crippen LogP contribution in [0.25, 0.3) is 0 Å². The quantitative estimate of drug-likeness (QED) is 0.855. The molecule has 0 radical (unpaired) electrons. The van der Waals surface area contributed by atoms with Crippen molar-refractivity contribution < 1.29 is 8.42 Å². The van der Waals surface area contributed by atoms with Gasteiger partial charge in [0.2, 0.25) is 0 Å². The minimum Gasteiger partial charge on any atom is -0.399 e. The third-order valence-corrected chi connectivity index (χ3v) is 4.81. The van der Waals surface area contributed by atoms with E-state index in [2.05, 4.69) is 4.72 Å². The summed E-state index contributed by atoms with van der Waals surface area (Å²) in [4.78, 5) is 0.216. The highest BCUT2D eigenvalue weighted by Crippen LogP contribution is 2.26. The Bertz CT molecular complexity index is 773. The Balaban J connectivity index is 2.44. The molecule has 0 aliphatic rings. The van der Waals surface area contributed by atoms with Crippen LogP contribution in [0.15, 0.2) is 35.2 Å². The van der Waals surface area contributed by atoms with Gasteiger partial charge in [0, 0.05) is 5.69 Å². The van der Waals surface area contributed by atoms with Crippen LogP contribution in [0.4, 0.5) is 11.4 Å². The second-order valence-electron chi connectivity index (χ2n) is 5.40. The monoisotopic (exact) mass is 304 g/mol. The minimum atomic E-state index is -3.62. The number of aryl methyl sites for hydroxylation is 4. The fourth-order valence-corrected chi connectivity index (χ4v) is 3.64. The standard InChI is InChI=1S/C16H20N2O2S/c1-10-7-12(3)16(13(4)8-10)18-21(19,20)14-5-6-15(17)11(2)9-14/h5-9,18H,17H2,1-4H3. The van der Waals surface area contributed by atoms with E-state index in [9.17, 15) is 8.42 Å². The van der Waals surface area contributed by atoms with Crippen LogP contribution in [0.5, 0.6) is 0 Å². The lowest BCUT2D eigenvalue weighted by Gasteiger charge is -2.15. The second-order valence-corrected chi connectivity index (χ2v) is 7.08. The summed E-state index contributed by atoms with van der Waals surface area (Å²) in [6, 6.07) is 8.62. The summed E-state index contributed by atoms with van der Waals surface area (Å²) in [6.07, 6.45) is 0. The molecule has 0 bridgehead atoms. The Kier molecular flexibility index (Phi) is 3.96. The van der Waals surface area contributed by atoms with Crippen LogP contribution in [0, 0.1) is 27.7 Å². The maximum Gasteiger partial charge on any atom is 0.261 e. The molecule has 0 spiro atoms. The number of rotatable bonds is 3. The zero-order chi connectivity index (χ0) is 15.8. The van der Waals surface area contributed by atoms with Gasteiger partial charge in [-0.1, -0.05) is 17.7 Å². The van der Waals surface area contributed by atoms with Crippen molar-refractivity contribution in [3.8, 4) is 0 Å². The summed E-state index contributed by atoms with van der Waals surface area (Å²) in [6.45, 7) is 7.57. The molecule has 0 aliphatic carbocycles. The Morgan fingerprint density at radius 3 is 2.00 bits per heavy atom. The predicted octanol–water partition coefficient (Wildman–Crippen LogP) is 3.30. The van der Waals surface area contributed by atoms with E-state index in [1.54, 1.807) is 19.1 Å². The van der Waals surface area contributed by atoms with Gasteiger partial charge in [0.1, 0.15) is 0 Å². The molecule has 4 nitrogen and oxygen atoms in total. The van der Waals surface area contributed by atoms with E-state index in [4.69, 9.17) is 5.73 Å². The Morgan fingerprint density at radius 1 is 0.905 bits per heavy atom. The molecule has 0 unspecified atom stereocenters. The number of nitrogens with one attached hydrogen (secondary N) is 1. The molecule has 2 aromatic rings. The van der Waals surface area contributed by atoms with Gasteiger partial charge in [-0.3, -0.25) is 4.72 Å². The first-order valence-electron chi connectivity index (χ1n) is 6.67. The van der Waals surface area contributed by atoms with Gasteiger partial charge in [-0.25, -0.2) is 8.42 Å². The first kappa shape index (κ1) is 15.4. The largest absolute Gasteiger partial charge is 0.399 e. The molecule has 5 heteroatoms. The first-order valence-corrected chi connectivity index (χ1v) is 8.16. The van der Waals surface area contributed by atoms with Gasteiger partial charge in [0.05, 0.1) is 10.6 Å². The average Bonchev–Trinajstić information content (AvgIpc) is 2.37. The van der Waals surface area contributed by atoms with E-state index in [1.807, 2.05) is 32.9 Å². The molecule has 0 heterocycles. The number of anilines is 2. The van der Waals surface area contributed by atoms with Gasteiger partial charge in [-0.15, -0.1) is 0 Å². The zero-order valence-electron chi connectivity index (χ0n) is 12.7. The molecule has 2 aromatic carbocycles. The van der Waals surface area contributed by atoms with E-state index in [0.717, 1.165) is 22.3 Å². The fourth-order valence-electron chi connectivity index (χ4n) is 2.35. The highest BCUT2D eigenvalue weighted by Gasteiger charge is 2.17. The average molecular weight is 304 g/mol. The number of benzene rings is 2. The van der Waals surface area contributed by atoms with Gasteiger partial charge in [0.25, 0.3) is 10.0 Å². The van der Waals surface area contributed by atoms with E-state index in [1.165, 1.54) is 6.07 Å². The molecule has 0 amide bonds. The smallest absolute Gasteiger partial charge is 0.261 e. The summed E-state index contributed by atoms with van der Waals surface area (Å²) in [7, 11) is -3.62. The molecule has 112 valence electrons. The van der Waals surface area contributed by atoms with Gasteiger partial charge in [0.15, 0.2) is 0 Å². The molecular weight excluding hydrogens is 284 g/mol. The third kappa shape index (κ3) is 3.19. The predicted molar refractivity (Wildman–Crippen MR) is 87.1 cm³/mol. The van der Waals surface area contributed by atoms with Crippen molar-refractivity contribution in [1.29, 1.82) is 0 Å². The molecule has 2 rings (SSSR count). The summed E-state index contributed by atoms with van der Waals surface area (Å²) in [5, 5.41) is 0. The Labute approximate surface area is 126 Å². The maximum absolute atomic E-state index is 12.5. The van der Waals surface area contributed by atoms with Crippen molar-refractivity contribution in [3.05, 3.63) is 52.6 Å². The first-order chi connectivity index (χ1) is 9.70. The van der Waals surface area contributed by atoms with Crippen LogP contribution in [-0.4, -0.2) is 8.42 Å². The molecule has 0 saturated heterocycles. The molecule has 0 aromatic heterocycles. The number of nitrogen functional groups attached to an aromatic ring is 1. The number of nitrogens with two attached hydrogens (primary N) is 1.